The van der Waals surface area contributed by atoms with Crippen molar-refractivity contribution in [3.05, 3.63) is 18.1 Å². The highest BCUT2D eigenvalue weighted by Crippen LogP contribution is 2.36. The Morgan fingerprint density at radius 3 is 2.52 bits per heavy atom. The van der Waals surface area contributed by atoms with Gasteiger partial charge >= 0.3 is 12.4 Å². The van der Waals surface area contributed by atoms with E-state index in [2.05, 4.69) is 15.1 Å². The highest BCUT2D eigenvalue weighted by Gasteiger charge is 2.42. The average molecular weight is 339 g/mol. The van der Waals surface area contributed by atoms with Gasteiger partial charge in [-0.25, -0.2) is 4.98 Å². The summed E-state index contributed by atoms with van der Waals surface area (Å²) in [6, 6.07) is 0.709. The molecule has 3 rings (SSSR count). The lowest BCUT2D eigenvalue weighted by Gasteiger charge is -2.35. The molecule has 0 radical (unpaired) electrons. The van der Waals surface area contributed by atoms with Crippen LogP contribution in [-0.4, -0.2) is 38.8 Å². The van der Waals surface area contributed by atoms with E-state index in [0.717, 1.165) is 10.8 Å². The van der Waals surface area contributed by atoms with Gasteiger partial charge in [0.1, 0.15) is 12.1 Å². The molecule has 1 fully saturated rings. The maximum atomic E-state index is 12.9. The van der Waals surface area contributed by atoms with Crippen LogP contribution in [0.5, 0.6) is 0 Å². The van der Waals surface area contributed by atoms with Crippen LogP contribution < -0.4 is 4.90 Å². The molecule has 1 aliphatic heterocycles. The number of hydrogen-bond acceptors (Lipinski definition) is 4. The third-order valence-electron chi connectivity index (χ3n) is 3.73. The van der Waals surface area contributed by atoms with E-state index in [9.17, 15) is 26.3 Å². The van der Waals surface area contributed by atoms with Crippen LogP contribution in [0.4, 0.5) is 32.2 Å². The zero-order valence-electron chi connectivity index (χ0n) is 11.6. The van der Waals surface area contributed by atoms with E-state index in [1.54, 1.807) is 0 Å². The largest absolute Gasteiger partial charge is 0.433 e. The first-order valence-electron chi connectivity index (χ1n) is 6.76. The van der Waals surface area contributed by atoms with Crippen molar-refractivity contribution in [1.82, 2.24) is 19.6 Å². The number of nitrogens with zero attached hydrogens (tertiary/aromatic N) is 5. The first kappa shape index (κ1) is 15.8. The fraction of sp³-hybridized carbons (Fsp3) is 0.583. The Kier molecular flexibility index (Phi) is 3.60. The molecule has 0 aromatic carbocycles. The third kappa shape index (κ3) is 3.04. The topological polar surface area (TPSA) is 46.3 Å². The number of aromatic nitrogens is 4. The molecule has 0 aliphatic carbocycles. The molecule has 1 aliphatic rings. The van der Waals surface area contributed by atoms with Gasteiger partial charge in [-0.1, -0.05) is 0 Å². The van der Waals surface area contributed by atoms with E-state index in [1.165, 1.54) is 4.90 Å². The Bertz CT molecular complexity index is 706. The molecule has 0 amide bonds. The van der Waals surface area contributed by atoms with Gasteiger partial charge in [0, 0.05) is 19.2 Å². The van der Waals surface area contributed by atoms with Crippen molar-refractivity contribution in [2.45, 2.75) is 25.2 Å². The summed E-state index contributed by atoms with van der Waals surface area (Å²) in [7, 11) is 0. The molecule has 1 unspecified atom stereocenters. The van der Waals surface area contributed by atoms with Crippen LogP contribution in [0.2, 0.25) is 0 Å². The van der Waals surface area contributed by atoms with Gasteiger partial charge < -0.3 is 4.90 Å². The second kappa shape index (κ2) is 5.24. The molecule has 2 aromatic rings. The van der Waals surface area contributed by atoms with E-state index in [-0.39, 0.29) is 31.0 Å². The van der Waals surface area contributed by atoms with Crippen LogP contribution >= 0.6 is 0 Å². The van der Waals surface area contributed by atoms with Crippen molar-refractivity contribution in [2.75, 3.05) is 18.0 Å². The lowest BCUT2D eigenvalue weighted by Crippen LogP contribution is -2.42. The lowest BCUT2D eigenvalue weighted by atomic mass is 9.97. The van der Waals surface area contributed by atoms with Crippen LogP contribution in [0.15, 0.2) is 12.4 Å². The maximum absolute atomic E-state index is 12.9. The predicted molar refractivity (Wildman–Crippen MR) is 66.8 cm³/mol. The quantitative estimate of drug-likeness (QED) is 0.750. The highest BCUT2D eigenvalue weighted by atomic mass is 19.4. The smallest absolute Gasteiger partial charge is 0.356 e. The lowest BCUT2D eigenvalue weighted by molar-refractivity contribution is -0.176. The molecule has 11 heteroatoms. The molecule has 2 aromatic heterocycles. The molecule has 1 saturated heterocycles. The second-order valence-corrected chi connectivity index (χ2v) is 5.30. The predicted octanol–water partition coefficient (Wildman–Crippen LogP) is 2.92. The SMILES string of the molecule is FC(F)(F)c1cc(N2CCCC(C(F)(F)F)C2)n2ncnc2n1. The fourth-order valence-corrected chi connectivity index (χ4v) is 2.62. The molecule has 3 heterocycles. The zero-order chi connectivity index (χ0) is 16.8. The Balaban J connectivity index is 2.03. The van der Waals surface area contributed by atoms with Gasteiger partial charge in [-0.15, -0.1) is 0 Å². The summed E-state index contributed by atoms with van der Waals surface area (Å²) in [5, 5.41) is 3.76. The van der Waals surface area contributed by atoms with Crippen molar-refractivity contribution in [3.63, 3.8) is 0 Å². The minimum atomic E-state index is -4.72. The minimum absolute atomic E-state index is 0.0439. The van der Waals surface area contributed by atoms with E-state index >= 15 is 0 Å². The molecule has 0 N–H and O–H groups in total. The average Bonchev–Trinajstić information content (AvgIpc) is 2.93. The van der Waals surface area contributed by atoms with E-state index in [0.29, 0.717) is 6.07 Å². The van der Waals surface area contributed by atoms with Crippen LogP contribution in [-0.2, 0) is 6.18 Å². The summed E-state index contributed by atoms with van der Waals surface area (Å²) < 4.78 is 78.5. The number of fused-ring (bicyclic) bond motifs is 1. The first-order valence-corrected chi connectivity index (χ1v) is 6.76. The van der Waals surface area contributed by atoms with Crippen molar-refractivity contribution < 1.29 is 26.3 Å². The van der Waals surface area contributed by atoms with Crippen LogP contribution in [0.25, 0.3) is 5.78 Å². The molecule has 126 valence electrons. The molecule has 5 nitrogen and oxygen atoms in total. The molecule has 0 bridgehead atoms. The zero-order valence-corrected chi connectivity index (χ0v) is 11.6. The Morgan fingerprint density at radius 2 is 1.87 bits per heavy atom. The summed E-state index contributed by atoms with van der Waals surface area (Å²) in [4.78, 5) is 8.20. The van der Waals surface area contributed by atoms with Crippen molar-refractivity contribution in [2.24, 2.45) is 5.92 Å². The number of anilines is 1. The fourth-order valence-electron chi connectivity index (χ4n) is 2.62. The Labute approximate surface area is 125 Å². The maximum Gasteiger partial charge on any atom is 0.433 e. The van der Waals surface area contributed by atoms with E-state index in [1.807, 2.05) is 0 Å². The van der Waals surface area contributed by atoms with Gasteiger partial charge in [0.05, 0.1) is 5.92 Å². The molecular formula is C12H11F6N5. The van der Waals surface area contributed by atoms with Gasteiger partial charge in [-0.3, -0.25) is 0 Å². The van der Waals surface area contributed by atoms with Crippen molar-refractivity contribution in [1.29, 1.82) is 0 Å². The number of rotatable bonds is 1. The molecule has 1 atom stereocenters. The van der Waals surface area contributed by atoms with Crippen LogP contribution in [0.3, 0.4) is 0 Å². The number of piperidine rings is 1. The molecule has 0 saturated carbocycles. The Morgan fingerprint density at radius 1 is 1.13 bits per heavy atom. The molecule has 0 spiro atoms. The van der Waals surface area contributed by atoms with Crippen LogP contribution in [0, 0.1) is 5.92 Å². The van der Waals surface area contributed by atoms with Crippen molar-refractivity contribution in [3.8, 4) is 0 Å². The summed E-state index contributed by atoms with van der Waals surface area (Å²) in [6.45, 7) is -0.206. The number of hydrogen-bond donors (Lipinski definition) is 0. The molecular weight excluding hydrogens is 328 g/mol. The van der Waals surface area contributed by atoms with Crippen molar-refractivity contribution >= 4 is 11.6 Å². The highest BCUT2D eigenvalue weighted by molar-refractivity contribution is 5.48. The van der Waals surface area contributed by atoms with Gasteiger partial charge in [0.15, 0.2) is 5.69 Å². The number of halogens is 6. The summed E-state index contributed by atoms with van der Waals surface area (Å²) >= 11 is 0. The summed E-state index contributed by atoms with van der Waals surface area (Å²) in [6.07, 6.45) is -7.92. The van der Waals surface area contributed by atoms with E-state index < -0.39 is 30.5 Å². The Hall–Kier alpha value is -2.07. The minimum Gasteiger partial charge on any atom is -0.356 e. The standard InChI is InChI=1S/C12H11F6N5/c13-11(14,15)7-2-1-3-22(5-7)9-4-8(12(16,17)18)21-10-19-6-20-23(9)10/h4,6-7H,1-3,5H2. The monoisotopic (exact) mass is 339 g/mol. The van der Waals surface area contributed by atoms with Gasteiger partial charge in [-0.2, -0.15) is 40.9 Å². The first-order chi connectivity index (χ1) is 10.7. The van der Waals surface area contributed by atoms with E-state index in [4.69, 9.17) is 0 Å². The second-order valence-electron chi connectivity index (χ2n) is 5.30. The summed E-state index contributed by atoms with van der Waals surface area (Å²) in [5.74, 6) is -1.98. The van der Waals surface area contributed by atoms with Gasteiger partial charge in [0.2, 0.25) is 0 Å². The third-order valence-corrected chi connectivity index (χ3v) is 3.73. The molecule has 23 heavy (non-hydrogen) atoms. The van der Waals surface area contributed by atoms with Gasteiger partial charge in [0.25, 0.3) is 5.78 Å². The number of alkyl halides is 6. The summed E-state index contributed by atoms with van der Waals surface area (Å²) in [5.41, 5.74) is -1.21. The normalized spacial score (nSPS) is 20.3. The van der Waals surface area contributed by atoms with Crippen LogP contribution in [0.1, 0.15) is 18.5 Å². The van der Waals surface area contributed by atoms with Gasteiger partial charge in [-0.05, 0) is 12.8 Å².